The average Bonchev–Trinajstić information content (AvgIpc) is 3.03. The second kappa shape index (κ2) is 24.2. The van der Waals surface area contributed by atoms with E-state index in [1.165, 1.54) is 7.11 Å². The molecule has 0 fully saturated rings. The summed E-state index contributed by atoms with van der Waals surface area (Å²) in [5.74, 6) is -6.07. The molecule has 0 saturated carbocycles. The van der Waals surface area contributed by atoms with Gasteiger partial charge in [0, 0.05) is 19.3 Å². The van der Waals surface area contributed by atoms with Gasteiger partial charge in [-0.15, -0.1) is 0 Å². The third-order valence-corrected chi connectivity index (χ3v) is 8.24. The fourth-order valence-electron chi connectivity index (χ4n) is 5.42. The molecule has 0 aliphatic heterocycles. The van der Waals surface area contributed by atoms with E-state index in [1.807, 2.05) is 31.2 Å². The number of ether oxygens (including phenoxy) is 2. The fraction of sp³-hybridized carbons (Fsp3) is 0.703. The van der Waals surface area contributed by atoms with Crippen LogP contribution in [0.1, 0.15) is 129 Å². The van der Waals surface area contributed by atoms with Gasteiger partial charge in [-0.25, -0.2) is 13.6 Å². The highest BCUT2D eigenvalue weighted by atomic mass is 19.3. The van der Waals surface area contributed by atoms with E-state index in [0.29, 0.717) is 45.1 Å². The molecule has 1 aromatic rings. The summed E-state index contributed by atoms with van der Waals surface area (Å²) in [4.78, 5) is 38.3. The number of hydrogen-bond acceptors (Lipinski definition) is 5. The van der Waals surface area contributed by atoms with Crippen LogP contribution in [0.4, 0.5) is 8.78 Å². The molecule has 2 unspecified atom stereocenters. The second-order valence-corrected chi connectivity index (χ2v) is 12.3. The number of carbonyl (C=O) groups excluding carboxylic acids is 2. The number of aliphatic carboxylic acids is 1. The maximum absolute atomic E-state index is 14.2. The highest BCUT2D eigenvalue weighted by Gasteiger charge is 2.34. The van der Waals surface area contributed by atoms with Crippen LogP contribution in [0.3, 0.4) is 0 Å². The van der Waals surface area contributed by atoms with Crippen molar-refractivity contribution in [2.75, 3.05) is 13.7 Å². The van der Waals surface area contributed by atoms with Gasteiger partial charge in [0.2, 0.25) is 11.8 Å². The number of methoxy groups -OCH3 is 1. The Bertz CT molecular complexity index is 1010. The van der Waals surface area contributed by atoms with Gasteiger partial charge >= 0.3 is 11.9 Å². The minimum Gasteiger partial charge on any atom is -0.494 e. The van der Waals surface area contributed by atoms with Crippen molar-refractivity contribution in [2.45, 2.75) is 142 Å². The van der Waals surface area contributed by atoms with Crippen molar-refractivity contribution in [1.29, 1.82) is 0 Å². The number of nitrogens with one attached hydrogen (secondary N) is 1. The molecule has 0 aliphatic carbocycles. The van der Waals surface area contributed by atoms with E-state index >= 15 is 0 Å². The molecule has 1 rings (SSSR count). The highest BCUT2D eigenvalue weighted by molar-refractivity contribution is 5.90. The summed E-state index contributed by atoms with van der Waals surface area (Å²) >= 11 is 0. The number of hydrogen-bond donors (Lipinski definition) is 2. The van der Waals surface area contributed by atoms with Gasteiger partial charge in [-0.05, 0) is 56.2 Å². The Morgan fingerprint density at radius 3 is 2.04 bits per heavy atom. The lowest BCUT2D eigenvalue weighted by Crippen LogP contribution is -2.47. The van der Waals surface area contributed by atoms with Crippen LogP contribution >= 0.6 is 0 Å². The Hall–Kier alpha value is -2.97. The van der Waals surface area contributed by atoms with Crippen molar-refractivity contribution in [1.82, 2.24) is 5.32 Å². The monoisotopic (exact) mass is 651 g/mol. The molecule has 0 aromatic heterocycles. The van der Waals surface area contributed by atoms with Gasteiger partial charge in [0.1, 0.15) is 11.8 Å². The lowest BCUT2D eigenvalue weighted by molar-refractivity contribution is -0.148. The molecule has 9 heteroatoms. The molecule has 0 aliphatic rings. The molecular formula is C37H59F2NO6. The number of esters is 1. The number of benzene rings is 1. The molecule has 0 radical (unpaired) electrons. The van der Waals surface area contributed by atoms with Crippen molar-refractivity contribution in [3.05, 3.63) is 42.0 Å². The average molecular weight is 652 g/mol. The fourth-order valence-corrected chi connectivity index (χ4v) is 5.42. The molecule has 0 spiro atoms. The molecule has 2 N–H and O–H groups in total. The molecule has 0 bridgehead atoms. The van der Waals surface area contributed by atoms with Gasteiger partial charge in [-0.2, -0.15) is 0 Å². The number of amides is 1. The molecule has 3 atom stereocenters. The number of carbonyl (C=O) groups is 3. The summed E-state index contributed by atoms with van der Waals surface area (Å²) in [6, 6.07) is 6.29. The Labute approximate surface area is 275 Å². The number of unbranched alkanes of at least 4 members (excludes halogenated alkanes) is 9. The van der Waals surface area contributed by atoms with Crippen LogP contribution < -0.4 is 10.1 Å². The van der Waals surface area contributed by atoms with E-state index < -0.39 is 41.6 Å². The minimum absolute atomic E-state index is 0.0391. The molecule has 262 valence electrons. The quantitative estimate of drug-likeness (QED) is 0.0559. The normalized spacial score (nSPS) is 13.7. The Balaban J connectivity index is 2.75. The number of carboxylic acids is 1. The van der Waals surface area contributed by atoms with Gasteiger partial charge in [-0.3, -0.25) is 9.59 Å². The number of rotatable bonds is 27. The first kappa shape index (κ1) is 41.1. The van der Waals surface area contributed by atoms with E-state index in [-0.39, 0.29) is 19.3 Å². The van der Waals surface area contributed by atoms with Crippen LogP contribution in [-0.2, 0) is 25.5 Å². The van der Waals surface area contributed by atoms with E-state index in [9.17, 15) is 28.3 Å². The summed E-state index contributed by atoms with van der Waals surface area (Å²) in [5, 5.41) is 12.7. The van der Waals surface area contributed by atoms with Crippen molar-refractivity contribution >= 4 is 17.8 Å². The number of carboxylic acid groups (broad SMARTS) is 1. The molecule has 1 amide bonds. The third-order valence-electron chi connectivity index (χ3n) is 8.24. The summed E-state index contributed by atoms with van der Waals surface area (Å²) < 4.78 is 39.0. The largest absolute Gasteiger partial charge is 0.494 e. The maximum Gasteiger partial charge on any atom is 0.328 e. The first-order valence-electron chi connectivity index (χ1n) is 17.5. The Morgan fingerprint density at radius 1 is 0.870 bits per heavy atom. The molecule has 7 nitrogen and oxygen atoms in total. The first-order chi connectivity index (χ1) is 22.1. The van der Waals surface area contributed by atoms with E-state index in [2.05, 4.69) is 19.2 Å². The van der Waals surface area contributed by atoms with E-state index in [0.717, 1.165) is 62.7 Å². The highest BCUT2D eigenvalue weighted by Crippen LogP contribution is 2.29. The number of halogens is 2. The molecule has 0 heterocycles. The Kier molecular flexibility index (Phi) is 21.6. The molecule has 1 aromatic carbocycles. The lowest BCUT2D eigenvalue weighted by atomic mass is 9.86. The van der Waals surface area contributed by atoms with Crippen LogP contribution in [0.5, 0.6) is 5.75 Å². The predicted octanol–water partition coefficient (Wildman–Crippen LogP) is 9.08. The van der Waals surface area contributed by atoms with Crippen molar-refractivity contribution in [3.8, 4) is 5.75 Å². The van der Waals surface area contributed by atoms with Crippen LogP contribution in [-0.4, -0.2) is 48.6 Å². The van der Waals surface area contributed by atoms with E-state index in [1.54, 1.807) is 12.2 Å². The predicted molar refractivity (Wildman–Crippen MR) is 179 cm³/mol. The zero-order chi connectivity index (χ0) is 34.2. The number of alkyl halides is 2. The van der Waals surface area contributed by atoms with Gasteiger partial charge in [0.15, 0.2) is 0 Å². The second-order valence-electron chi connectivity index (χ2n) is 12.3. The summed E-state index contributed by atoms with van der Waals surface area (Å²) in [7, 11) is 1.25. The van der Waals surface area contributed by atoms with Gasteiger partial charge in [0.05, 0.1) is 25.6 Å². The summed E-state index contributed by atoms with van der Waals surface area (Å²) in [6.07, 6.45) is 14.3. The lowest BCUT2D eigenvalue weighted by Gasteiger charge is -2.23. The zero-order valence-corrected chi connectivity index (χ0v) is 28.7. The molecular weight excluding hydrogens is 592 g/mol. The SMILES string of the molecule is CCCCCCCC(F)(F)CCCCCC/C=C/[C@H](C(=O)NC(Cc1ccc(OCCCC)cc1)C(=O)OC)C(CCC)C(=O)O. The van der Waals surface area contributed by atoms with Gasteiger partial charge in [-0.1, -0.05) is 96.4 Å². The maximum atomic E-state index is 14.2. The minimum atomic E-state index is -2.61. The van der Waals surface area contributed by atoms with Gasteiger partial charge < -0.3 is 19.9 Å². The van der Waals surface area contributed by atoms with Crippen molar-refractivity contribution in [2.24, 2.45) is 11.8 Å². The third kappa shape index (κ3) is 17.7. The summed E-state index contributed by atoms with van der Waals surface area (Å²) in [6.45, 7) is 6.67. The van der Waals surface area contributed by atoms with E-state index in [4.69, 9.17) is 9.47 Å². The van der Waals surface area contributed by atoms with Crippen molar-refractivity contribution < 1.29 is 37.7 Å². The van der Waals surface area contributed by atoms with Crippen LogP contribution in [0.25, 0.3) is 0 Å². The zero-order valence-electron chi connectivity index (χ0n) is 28.7. The Morgan fingerprint density at radius 2 is 1.48 bits per heavy atom. The standard InChI is InChI=1S/C37H59F2NO6/c1-5-8-10-14-17-25-37(38,39)26-18-15-12-11-13-16-20-31(32(19-7-3)35(42)43)34(41)40-33(36(44)45-4)28-29-21-23-30(24-22-29)46-27-9-6-2/h16,20-24,31-33H,5-15,17-19,25-28H2,1-4H3,(H,40,41)(H,42,43)/b20-16+/t31-,32?,33?/m0/s1. The van der Waals surface area contributed by atoms with Crippen LogP contribution in [0.15, 0.2) is 36.4 Å². The van der Waals surface area contributed by atoms with Gasteiger partial charge in [0.25, 0.3) is 0 Å². The van der Waals surface area contributed by atoms with Crippen LogP contribution in [0.2, 0.25) is 0 Å². The van der Waals surface area contributed by atoms with Crippen LogP contribution in [0, 0.1) is 11.8 Å². The number of allylic oxidation sites excluding steroid dienone is 1. The summed E-state index contributed by atoms with van der Waals surface area (Å²) in [5.41, 5.74) is 0.790. The molecule has 0 saturated heterocycles. The smallest absolute Gasteiger partial charge is 0.328 e. The first-order valence-corrected chi connectivity index (χ1v) is 17.5. The molecule has 46 heavy (non-hydrogen) atoms. The topological polar surface area (TPSA) is 102 Å². The van der Waals surface area contributed by atoms with Crippen molar-refractivity contribution in [3.63, 3.8) is 0 Å².